The zero-order chi connectivity index (χ0) is 10.1. The van der Waals surface area contributed by atoms with Gasteiger partial charge in [-0.2, -0.15) is 0 Å². The summed E-state index contributed by atoms with van der Waals surface area (Å²) in [6.45, 7) is 0.300. The van der Waals surface area contributed by atoms with E-state index in [4.69, 9.17) is 5.73 Å². The fourth-order valence-corrected chi connectivity index (χ4v) is 1.82. The molecule has 0 bridgehead atoms. The number of carbonyl (C=O) groups is 1. The van der Waals surface area contributed by atoms with Crippen LogP contribution in [-0.4, -0.2) is 22.9 Å². The maximum Gasteiger partial charge on any atom is 0.189 e. The van der Waals surface area contributed by atoms with Crippen LogP contribution in [0.5, 0.6) is 0 Å². The van der Waals surface area contributed by atoms with Crippen LogP contribution < -0.4 is 5.73 Å². The molecular formula is C10H9BrN2O. The van der Waals surface area contributed by atoms with E-state index in [0.717, 1.165) is 0 Å². The number of allylic oxidation sites excluding steroid dienone is 5. The molecule has 0 aromatic heterocycles. The first-order valence-corrected chi connectivity index (χ1v) is 5.20. The first kappa shape index (κ1) is 9.55. The smallest absolute Gasteiger partial charge is 0.189 e. The van der Waals surface area contributed by atoms with E-state index in [1.54, 1.807) is 0 Å². The van der Waals surface area contributed by atoms with Crippen LogP contribution in [0.4, 0.5) is 0 Å². The molecule has 1 unspecified atom stereocenters. The molecule has 1 aliphatic heterocycles. The zero-order valence-corrected chi connectivity index (χ0v) is 8.99. The number of nitrogens with two attached hydrogens (primary N) is 1. The van der Waals surface area contributed by atoms with Gasteiger partial charge >= 0.3 is 0 Å². The van der Waals surface area contributed by atoms with E-state index in [1.165, 1.54) is 6.08 Å². The zero-order valence-electron chi connectivity index (χ0n) is 7.40. The highest BCUT2D eigenvalue weighted by molar-refractivity contribution is 9.09. The Morgan fingerprint density at radius 3 is 3.07 bits per heavy atom. The van der Waals surface area contributed by atoms with Gasteiger partial charge in [0.05, 0.1) is 16.2 Å². The molecular weight excluding hydrogens is 244 g/mol. The van der Waals surface area contributed by atoms with Gasteiger partial charge in [-0.3, -0.25) is 9.79 Å². The van der Waals surface area contributed by atoms with Gasteiger partial charge in [0.15, 0.2) is 5.78 Å². The van der Waals surface area contributed by atoms with E-state index in [0.29, 0.717) is 23.5 Å². The van der Waals surface area contributed by atoms with Crippen molar-refractivity contribution < 1.29 is 4.79 Å². The topological polar surface area (TPSA) is 55.5 Å². The van der Waals surface area contributed by atoms with E-state index >= 15 is 0 Å². The van der Waals surface area contributed by atoms with Gasteiger partial charge in [0.25, 0.3) is 0 Å². The van der Waals surface area contributed by atoms with Crippen LogP contribution in [0.3, 0.4) is 0 Å². The monoisotopic (exact) mass is 252 g/mol. The number of aliphatic imine (C=N–C) groups is 1. The Balaban J connectivity index is 2.42. The Bertz CT molecular complexity index is 404. The predicted molar refractivity (Wildman–Crippen MR) is 59.5 cm³/mol. The van der Waals surface area contributed by atoms with Crippen LogP contribution in [0.2, 0.25) is 0 Å². The SMILES string of the molecule is NCC1=CC(=O)C2=CC(Br)C=CC2=N1. The number of hydrogen-bond acceptors (Lipinski definition) is 3. The Morgan fingerprint density at radius 1 is 1.57 bits per heavy atom. The fraction of sp³-hybridized carbons (Fsp3) is 0.200. The average molecular weight is 253 g/mol. The highest BCUT2D eigenvalue weighted by Gasteiger charge is 2.21. The van der Waals surface area contributed by atoms with Crippen molar-refractivity contribution in [3.05, 3.63) is 35.6 Å². The summed E-state index contributed by atoms with van der Waals surface area (Å²) in [6.07, 6.45) is 7.13. The molecule has 2 rings (SSSR count). The minimum absolute atomic E-state index is 0.00995. The summed E-state index contributed by atoms with van der Waals surface area (Å²) in [5.74, 6) is -0.00995. The summed E-state index contributed by atoms with van der Waals surface area (Å²) in [7, 11) is 0. The van der Waals surface area contributed by atoms with Gasteiger partial charge < -0.3 is 5.73 Å². The second-order valence-corrected chi connectivity index (χ2v) is 4.14. The van der Waals surface area contributed by atoms with Crippen molar-refractivity contribution in [2.45, 2.75) is 4.83 Å². The van der Waals surface area contributed by atoms with Gasteiger partial charge in [-0.1, -0.05) is 28.1 Å². The molecule has 4 heteroatoms. The minimum atomic E-state index is -0.00995. The fourth-order valence-electron chi connectivity index (χ4n) is 1.40. The van der Waals surface area contributed by atoms with E-state index < -0.39 is 0 Å². The molecule has 1 aliphatic carbocycles. The van der Waals surface area contributed by atoms with E-state index in [-0.39, 0.29) is 10.6 Å². The van der Waals surface area contributed by atoms with Crippen LogP contribution in [0.15, 0.2) is 40.6 Å². The lowest BCUT2D eigenvalue weighted by atomic mass is 9.96. The van der Waals surface area contributed by atoms with Crippen molar-refractivity contribution in [2.75, 3.05) is 6.54 Å². The molecule has 0 spiro atoms. The minimum Gasteiger partial charge on any atom is -0.325 e. The van der Waals surface area contributed by atoms with Gasteiger partial charge in [-0.05, 0) is 6.08 Å². The molecule has 72 valence electrons. The van der Waals surface area contributed by atoms with Crippen LogP contribution in [0.25, 0.3) is 0 Å². The number of halogens is 1. The highest BCUT2D eigenvalue weighted by atomic mass is 79.9. The van der Waals surface area contributed by atoms with Gasteiger partial charge in [0.1, 0.15) is 0 Å². The third-order valence-electron chi connectivity index (χ3n) is 2.08. The van der Waals surface area contributed by atoms with Crippen LogP contribution >= 0.6 is 15.9 Å². The molecule has 0 aromatic carbocycles. The predicted octanol–water partition coefficient (Wildman–Crippen LogP) is 1.11. The molecule has 2 aliphatic rings. The Kier molecular flexibility index (Phi) is 2.48. The quantitative estimate of drug-likeness (QED) is 0.712. The van der Waals surface area contributed by atoms with Gasteiger partial charge in [-0.25, -0.2) is 0 Å². The summed E-state index contributed by atoms with van der Waals surface area (Å²) in [5.41, 5.74) is 7.45. The Morgan fingerprint density at radius 2 is 2.36 bits per heavy atom. The number of ketones is 1. The molecule has 14 heavy (non-hydrogen) atoms. The maximum absolute atomic E-state index is 11.6. The second-order valence-electron chi connectivity index (χ2n) is 3.08. The molecule has 1 atom stereocenters. The molecule has 0 saturated carbocycles. The number of carbonyl (C=O) groups excluding carboxylic acids is 1. The molecule has 0 saturated heterocycles. The lowest BCUT2D eigenvalue weighted by Gasteiger charge is -2.16. The number of hydrogen-bond donors (Lipinski definition) is 1. The molecule has 2 N–H and O–H groups in total. The van der Waals surface area contributed by atoms with Crippen molar-refractivity contribution in [3.63, 3.8) is 0 Å². The van der Waals surface area contributed by atoms with Gasteiger partial charge in [0, 0.05) is 18.2 Å². The van der Waals surface area contributed by atoms with Gasteiger partial charge in [-0.15, -0.1) is 0 Å². The van der Waals surface area contributed by atoms with Crippen molar-refractivity contribution in [1.82, 2.24) is 0 Å². The first-order chi connectivity index (χ1) is 6.70. The molecule has 3 nitrogen and oxygen atoms in total. The summed E-state index contributed by atoms with van der Waals surface area (Å²) in [4.78, 5) is 16.0. The third-order valence-corrected chi connectivity index (χ3v) is 2.65. The molecule has 0 amide bonds. The number of fused-ring (bicyclic) bond motifs is 1. The number of alkyl halides is 1. The summed E-state index contributed by atoms with van der Waals surface area (Å²) >= 11 is 3.39. The van der Waals surface area contributed by atoms with Crippen molar-refractivity contribution in [2.24, 2.45) is 10.7 Å². The van der Waals surface area contributed by atoms with E-state index in [1.807, 2.05) is 18.2 Å². The summed E-state index contributed by atoms with van der Waals surface area (Å²) in [5, 5.41) is 0. The molecule has 1 heterocycles. The normalized spacial score (nSPS) is 25.1. The lowest BCUT2D eigenvalue weighted by molar-refractivity contribution is -0.111. The third kappa shape index (κ3) is 1.63. The van der Waals surface area contributed by atoms with Crippen molar-refractivity contribution >= 4 is 27.4 Å². The van der Waals surface area contributed by atoms with Crippen LogP contribution in [-0.2, 0) is 4.79 Å². The lowest BCUT2D eigenvalue weighted by Crippen LogP contribution is -2.20. The highest BCUT2D eigenvalue weighted by Crippen LogP contribution is 2.21. The summed E-state index contributed by atoms with van der Waals surface area (Å²) < 4.78 is 0. The van der Waals surface area contributed by atoms with E-state index in [9.17, 15) is 4.79 Å². The van der Waals surface area contributed by atoms with Gasteiger partial charge in [0.2, 0.25) is 0 Å². The Hall–Kier alpha value is -1.00. The average Bonchev–Trinajstić information content (AvgIpc) is 2.19. The van der Waals surface area contributed by atoms with Crippen LogP contribution in [0.1, 0.15) is 0 Å². The van der Waals surface area contributed by atoms with E-state index in [2.05, 4.69) is 20.9 Å². The van der Waals surface area contributed by atoms with Crippen molar-refractivity contribution in [1.29, 1.82) is 0 Å². The van der Waals surface area contributed by atoms with Crippen molar-refractivity contribution in [3.8, 4) is 0 Å². The first-order valence-electron chi connectivity index (χ1n) is 4.29. The molecule has 0 aromatic rings. The molecule has 0 radical (unpaired) electrons. The molecule has 0 fully saturated rings. The standard InChI is InChI=1S/C10H9BrN2O/c11-6-1-2-9-8(3-6)10(14)4-7(5-12)13-9/h1-4,6H,5,12H2. The largest absolute Gasteiger partial charge is 0.325 e. The number of rotatable bonds is 1. The maximum atomic E-state index is 11.6. The second kappa shape index (κ2) is 3.63. The van der Waals surface area contributed by atoms with Crippen LogP contribution in [0, 0.1) is 0 Å². The Labute approximate surface area is 90.2 Å². The summed E-state index contributed by atoms with van der Waals surface area (Å²) in [6, 6.07) is 0. The number of nitrogens with zero attached hydrogens (tertiary/aromatic N) is 1.